The van der Waals surface area contributed by atoms with Gasteiger partial charge in [-0.25, -0.2) is 13.2 Å². The molecule has 0 aromatic heterocycles. The zero-order valence-electron chi connectivity index (χ0n) is 16.1. The van der Waals surface area contributed by atoms with Gasteiger partial charge in [-0.05, 0) is 50.3 Å². The second-order valence-electron chi connectivity index (χ2n) is 6.41. The van der Waals surface area contributed by atoms with Gasteiger partial charge in [-0.3, -0.25) is 9.63 Å². The van der Waals surface area contributed by atoms with Crippen molar-refractivity contribution in [3.05, 3.63) is 41.5 Å². The molecule has 2 rings (SSSR count). The number of carbonyl (C=O) groups is 2. The van der Waals surface area contributed by atoms with E-state index in [0.717, 1.165) is 19.3 Å². The van der Waals surface area contributed by atoms with Crippen LogP contribution in [0.4, 0.5) is 0 Å². The molecule has 0 atom stereocenters. The Labute approximate surface area is 165 Å². The highest BCUT2D eigenvalue weighted by Crippen LogP contribution is 2.19. The number of amides is 1. The maximum Gasteiger partial charge on any atom is 0.338 e. The molecule has 1 aliphatic carbocycles. The Kier molecular flexibility index (Phi) is 8.16. The molecule has 1 amide bonds. The number of carbonyl (C=O) groups excluding carboxylic acids is 2. The van der Waals surface area contributed by atoms with E-state index < -0.39 is 28.5 Å². The molecule has 0 heterocycles. The summed E-state index contributed by atoms with van der Waals surface area (Å²) in [5.74, 6) is -1.17. The minimum absolute atomic E-state index is 0.0331. The lowest BCUT2D eigenvalue weighted by Gasteiger charge is -2.14. The number of sulfonamides is 1. The number of rotatable bonds is 9. The fourth-order valence-electron chi connectivity index (χ4n) is 2.79. The third-order valence-corrected chi connectivity index (χ3v) is 6.13. The smallest absolute Gasteiger partial charge is 0.338 e. The van der Waals surface area contributed by atoms with E-state index in [1.54, 1.807) is 0 Å². The molecule has 1 aliphatic rings. The molecule has 28 heavy (non-hydrogen) atoms. The molecule has 154 valence electrons. The van der Waals surface area contributed by atoms with Crippen LogP contribution in [0, 0.1) is 0 Å². The standard InChI is InChI=1S/C19H26N2O6S/c1-21(26-2)28(24,25)17-10-6-9-16(13-17)19(23)27-14-18(22)20-12-11-15-7-4-3-5-8-15/h6-7,9-10,13H,3-5,8,11-12,14H2,1-2H3,(H,20,22). The van der Waals surface area contributed by atoms with Crippen LogP contribution in [0.2, 0.25) is 0 Å². The molecular weight excluding hydrogens is 384 g/mol. The lowest BCUT2D eigenvalue weighted by Crippen LogP contribution is -2.30. The van der Waals surface area contributed by atoms with Crippen molar-refractivity contribution < 1.29 is 27.6 Å². The second-order valence-corrected chi connectivity index (χ2v) is 8.35. The molecule has 1 aromatic carbocycles. The predicted octanol–water partition coefficient (Wildman–Crippen LogP) is 2.03. The highest BCUT2D eigenvalue weighted by molar-refractivity contribution is 7.89. The predicted molar refractivity (Wildman–Crippen MR) is 103 cm³/mol. The average molecular weight is 410 g/mol. The molecule has 0 fully saturated rings. The van der Waals surface area contributed by atoms with Gasteiger partial charge in [0.1, 0.15) is 0 Å². The first-order valence-electron chi connectivity index (χ1n) is 9.09. The zero-order chi connectivity index (χ0) is 20.6. The summed E-state index contributed by atoms with van der Waals surface area (Å²) in [6.45, 7) is 0.0755. The Morgan fingerprint density at radius 3 is 2.71 bits per heavy atom. The number of hydroxylamine groups is 1. The van der Waals surface area contributed by atoms with Crippen molar-refractivity contribution in [2.75, 3.05) is 27.3 Å². The monoisotopic (exact) mass is 410 g/mol. The van der Waals surface area contributed by atoms with Crippen LogP contribution in [-0.2, 0) is 24.4 Å². The van der Waals surface area contributed by atoms with E-state index in [1.807, 2.05) is 0 Å². The number of allylic oxidation sites excluding steroid dienone is 1. The van der Waals surface area contributed by atoms with Gasteiger partial charge >= 0.3 is 5.97 Å². The van der Waals surface area contributed by atoms with Crippen molar-refractivity contribution in [3.63, 3.8) is 0 Å². The van der Waals surface area contributed by atoms with E-state index in [-0.39, 0.29) is 10.5 Å². The maximum atomic E-state index is 12.2. The fourth-order valence-corrected chi connectivity index (χ4v) is 3.81. The van der Waals surface area contributed by atoms with Crippen LogP contribution < -0.4 is 5.32 Å². The number of hydrogen-bond donors (Lipinski definition) is 1. The third-order valence-electron chi connectivity index (χ3n) is 4.45. The largest absolute Gasteiger partial charge is 0.452 e. The maximum absolute atomic E-state index is 12.2. The van der Waals surface area contributed by atoms with Gasteiger partial charge in [0.25, 0.3) is 15.9 Å². The summed E-state index contributed by atoms with van der Waals surface area (Å²) in [5, 5.41) is 2.72. The summed E-state index contributed by atoms with van der Waals surface area (Å²) in [4.78, 5) is 28.6. The molecule has 1 aromatic rings. The van der Waals surface area contributed by atoms with Crippen LogP contribution in [0.25, 0.3) is 0 Å². The van der Waals surface area contributed by atoms with Crippen LogP contribution in [-0.4, -0.2) is 52.1 Å². The van der Waals surface area contributed by atoms with Crippen molar-refractivity contribution in [1.82, 2.24) is 9.79 Å². The van der Waals surface area contributed by atoms with E-state index in [4.69, 9.17) is 9.57 Å². The van der Waals surface area contributed by atoms with Gasteiger partial charge in [0.2, 0.25) is 0 Å². The summed E-state index contributed by atoms with van der Waals surface area (Å²) < 4.78 is 30.1. The van der Waals surface area contributed by atoms with Crippen molar-refractivity contribution in [2.45, 2.75) is 37.0 Å². The third kappa shape index (κ3) is 6.15. The van der Waals surface area contributed by atoms with Crippen LogP contribution >= 0.6 is 0 Å². The molecule has 0 saturated carbocycles. The van der Waals surface area contributed by atoms with Crippen molar-refractivity contribution in [1.29, 1.82) is 0 Å². The molecule has 0 unspecified atom stereocenters. The Bertz CT molecular complexity index is 835. The van der Waals surface area contributed by atoms with Gasteiger partial charge in [0.05, 0.1) is 17.6 Å². The Morgan fingerprint density at radius 2 is 2.04 bits per heavy atom. The Hall–Kier alpha value is -2.23. The summed E-state index contributed by atoms with van der Waals surface area (Å²) in [6, 6.07) is 5.36. The lowest BCUT2D eigenvalue weighted by atomic mass is 9.97. The number of benzene rings is 1. The minimum atomic E-state index is -3.88. The van der Waals surface area contributed by atoms with Crippen molar-refractivity contribution in [3.8, 4) is 0 Å². The van der Waals surface area contributed by atoms with E-state index in [1.165, 1.54) is 56.8 Å². The molecule has 0 spiro atoms. The molecule has 8 nitrogen and oxygen atoms in total. The average Bonchev–Trinajstić information content (AvgIpc) is 2.72. The first-order chi connectivity index (χ1) is 13.3. The first-order valence-corrected chi connectivity index (χ1v) is 10.5. The fraction of sp³-hybridized carbons (Fsp3) is 0.474. The molecule has 0 bridgehead atoms. The van der Waals surface area contributed by atoms with Gasteiger partial charge in [-0.15, -0.1) is 0 Å². The van der Waals surface area contributed by atoms with Gasteiger partial charge in [-0.1, -0.05) is 22.2 Å². The first kappa shape index (κ1) is 22.1. The molecule has 0 saturated heterocycles. The van der Waals surface area contributed by atoms with Crippen molar-refractivity contribution in [2.24, 2.45) is 0 Å². The van der Waals surface area contributed by atoms with Gasteiger partial charge < -0.3 is 10.1 Å². The van der Waals surface area contributed by atoms with E-state index in [0.29, 0.717) is 11.0 Å². The van der Waals surface area contributed by atoms with Gasteiger partial charge in [-0.2, -0.15) is 0 Å². The normalized spacial score (nSPS) is 14.5. The van der Waals surface area contributed by atoms with Crippen molar-refractivity contribution >= 4 is 21.9 Å². The van der Waals surface area contributed by atoms with E-state index in [9.17, 15) is 18.0 Å². The van der Waals surface area contributed by atoms with Crippen LogP contribution in [0.1, 0.15) is 42.5 Å². The zero-order valence-corrected chi connectivity index (χ0v) is 17.0. The summed E-state index contributed by atoms with van der Waals surface area (Å²) in [5.41, 5.74) is 1.38. The molecule has 9 heteroatoms. The van der Waals surface area contributed by atoms with Gasteiger partial charge in [0, 0.05) is 13.6 Å². The number of ether oxygens (including phenoxy) is 1. The SMILES string of the molecule is CON(C)S(=O)(=O)c1cccc(C(=O)OCC(=O)NCCC2=CCCCC2)c1. The van der Waals surface area contributed by atoms with Crippen LogP contribution in [0.15, 0.2) is 40.8 Å². The summed E-state index contributed by atoms with van der Waals surface area (Å²) in [7, 11) is -1.41. The molecule has 0 radical (unpaired) electrons. The number of esters is 1. The van der Waals surface area contributed by atoms with E-state index >= 15 is 0 Å². The molecule has 1 N–H and O–H groups in total. The Morgan fingerprint density at radius 1 is 1.25 bits per heavy atom. The topological polar surface area (TPSA) is 102 Å². The quantitative estimate of drug-likeness (QED) is 0.380. The Balaban J connectivity index is 1.85. The molecular formula is C19H26N2O6S. The highest BCUT2D eigenvalue weighted by atomic mass is 32.2. The number of nitrogens with zero attached hydrogens (tertiary/aromatic N) is 1. The second kappa shape index (κ2) is 10.4. The minimum Gasteiger partial charge on any atom is -0.452 e. The molecule has 0 aliphatic heterocycles. The summed E-state index contributed by atoms with van der Waals surface area (Å²) >= 11 is 0. The summed E-state index contributed by atoms with van der Waals surface area (Å²) in [6.07, 6.45) is 7.59. The van der Waals surface area contributed by atoms with Crippen LogP contribution in [0.3, 0.4) is 0 Å². The van der Waals surface area contributed by atoms with Gasteiger partial charge in [0.15, 0.2) is 6.61 Å². The lowest BCUT2D eigenvalue weighted by molar-refractivity contribution is -0.124. The highest BCUT2D eigenvalue weighted by Gasteiger charge is 2.22. The van der Waals surface area contributed by atoms with Crippen LogP contribution in [0.5, 0.6) is 0 Å². The number of nitrogens with one attached hydrogen (secondary N) is 1. The number of hydrogen-bond acceptors (Lipinski definition) is 6. The van der Waals surface area contributed by atoms with E-state index in [2.05, 4.69) is 11.4 Å².